The van der Waals surface area contributed by atoms with Gasteiger partial charge in [0.15, 0.2) is 0 Å². The molecule has 0 radical (unpaired) electrons. The number of carbonyl (C=O) groups is 1. The zero-order chi connectivity index (χ0) is 19.7. The zero-order valence-corrected chi connectivity index (χ0v) is 15.7. The number of hydrogen-bond acceptors (Lipinski definition) is 6. The molecule has 0 bridgehead atoms. The number of nitrogens with zero attached hydrogens (tertiary/aromatic N) is 2. The van der Waals surface area contributed by atoms with Crippen LogP contribution in [0.2, 0.25) is 0 Å². The summed E-state index contributed by atoms with van der Waals surface area (Å²) in [7, 11) is 1.88. The smallest absolute Gasteiger partial charge is 0.349 e. The molecule has 0 amide bonds. The summed E-state index contributed by atoms with van der Waals surface area (Å²) >= 11 is 0. The predicted molar refractivity (Wildman–Crippen MR) is 105 cm³/mol. The molecule has 4 rings (SSSR count). The van der Waals surface area contributed by atoms with Gasteiger partial charge in [0, 0.05) is 43.6 Å². The van der Waals surface area contributed by atoms with Crippen molar-refractivity contribution in [3.8, 4) is 11.5 Å². The highest BCUT2D eigenvalue weighted by atomic mass is 16.4. The number of hydrogen-bond donors (Lipinski definition) is 1. The van der Waals surface area contributed by atoms with Gasteiger partial charge in [-0.3, -0.25) is 4.79 Å². The lowest BCUT2D eigenvalue weighted by molar-refractivity contribution is -0.137. The second-order valence-electron chi connectivity index (χ2n) is 7.18. The molecular formula is C21H22N2O5. The lowest BCUT2D eigenvalue weighted by Crippen LogP contribution is -2.19. The molecule has 2 heterocycles. The summed E-state index contributed by atoms with van der Waals surface area (Å²) in [4.78, 5) is 29.6. The van der Waals surface area contributed by atoms with Crippen LogP contribution < -0.4 is 10.5 Å². The van der Waals surface area contributed by atoms with Crippen LogP contribution in [0.5, 0.6) is 0 Å². The van der Waals surface area contributed by atoms with E-state index in [2.05, 4.69) is 4.98 Å². The fourth-order valence-corrected chi connectivity index (χ4v) is 3.55. The van der Waals surface area contributed by atoms with Crippen molar-refractivity contribution < 1.29 is 18.7 Å². The van der Waals surface area contributed by atoms with Crippen LogP contribution in [0.15, 0.2) is 37.9 Å². The Morgan fingerprint density at radius 3 is 2.82 bits per heavy atom. The number of carboxylic acids is 1. The second kappa shape index (κ2) is 7.50. The van der Waals surface area contributed by atoms with Crippen molar-refractivity contribution in [1.82, 2.24) is 4.98 Å². The summed E-state index contributed by atoms with van der Waals surface area (Å²) in [5.74, 6) is 0.398. The number of aromatic nitrogens is 1. The lowest BCUT2D eigenvalue weighted by atomic mass is 10.0. The molecule has 7 nitrogen and oxygen atoms in total. The maximum absolute atomic E-state index is 12.5. The summed E-state index contributed by atoms with van der Waals surface area (Å²) in [6.07, 6.45) is 4.58. The molecule has 1 aliphatic rings. The molecule has 146 valence electrons. The quantitative estimate of drug-likeness (QED) is 0.650. The topological polar surface area (TPSA) is 96.8 Å². The Hall–Kier alpha value is -3.09. The number of aliphatic carboxylic acids is 1. The largest absolute Gasteiger partial charge is 0.481 e. The van der Waals surface area contributed by atoms with Crippen molar-refractivity contribution in [3.63, 3.8) is 0 Å². The number of carboxylic acid groups (broad SMARTS) is 1. The Labute approximate surface area is 161 Å². The van der Waals surface area contributed by atoms with Gasteiger partial charge in [0.25, 0.3) is 0 Å². The fourth-order valence-electron chi connectivity index (χ4n) is 3.55. The number of fused-ring (bicyclic) bond motifs is 2. The van der Waals surface area contributed by atoms with Gasteiger partial charge in [0.2, 0.25) is 5.89 Å². The van der Waals surface area contributed by atoms with Crippen LogP contribution in [0, 0.1) is 0 Å². The Kier molecular flexibility index (Phi) is 4.90. The van der Waals surface area contributed by atoms with E-state index in [1.54, 1.807) is 12.1 Å². The van der Waals surface area contributed by atoms with Crippen molar-refractivity contribution in [2.75, 3.05) is 18.5 Å². The third-order valence-electron chi connectivity index (χ3n) is 5.12. The average molecular weight is 382 g/mol. The molecule has 3 aromatic rings. The van der Waals surface area contributed by atoms with E-state index in [4.69, 9.17) is 13.9 Å². The maximum Gasteiger partial charge on any atom is 0.349 e. The van der Waals surface area contributed by atoms with E-state index in [1.807, 2.05) is 24.1 Å². The van der Waals surface area contributed by atoms with Gasteiger partial charge in [-0.15, -0.1) is 0 Å². The first-order chi connectivity index (χ1) is 13.5. The SMILES string of the molecule is CN(CCCC(=O)O)c1ccc2cc(-c3nc4c(o3)CCCC4)c(=O)oc2c1. The van der Waals surface area contributed by atoms with E-state index in [-0.39, 0.29) is 6.42 Å². The van der Waals surface area contributed by atoms with Crippen molar-refractivity contribution in [2.45, 2.75) is 38.5 Å². The molecule has 1 aliphatic carbocycles. The minimum absolute atomic E-state index is 0.122. The van der Waals surface area contributed by atoms with Crippen LogP contribution in [0.4, 0.5) is 5.69 Å². The fraction of sp³-hybridized carbons (Fsp3) is 0.381. The molecular weight excluding hydrogens is 360 g/mol. The van der Waals surface area contributed by atoms with Crippen LogP contribution in [0.1, 0.15) is 37.1 Å². The third kappa shape index (κ3) is 3.65. The molecule has 28 heavy (non-hydrogen) atoms. The van der Waals surface area contributed by atoms with E-state index in [0.29, 0.717) is 30.0 Å². The lowest BCUT2D eigenvalue weighted by Gasteiger charge is -2.19. The van der Waals surface area contributed by atoms with Gasteiger partial charge in [-0.2, -0.15) is 0 Å². The van der Waals surface area contributed by atoms with Crippen molar-refractivity contribution in [1.29, 1.82) is 0 Å². The molecule has 2 aromatic heterocycles. The van der Waals surface area contributed by atoms with Crippen LogP contribution in [0.3, 0.4) is 0 Å². The van der Waals surface area contributed by atoms with Crippen LogP contribution >= 0.6 is 0 Å². The zero-order valence-electron chi connectivity index (χ0n) is 15.7. The number of oxazole rings is 1. The molecule has 1 aromatic carbocycles. The minimum Gasteiger partial charge on any atom is -0.481 e. The Balaban J connectivity index is 1.62. The Bertz CT molecular complexity index is 1060. The summed E-state index contributed by atoms with van der Waals surface area (Å²) in [6.45, 7) is 0.599. The highest BCUT2D eigenvalue weighted by molar-refractivity contribution is 5.83. The summed E-state index contributed by atoms with van der Waals surface area (Å²) < 4.78 is 11.4. The summed E-state index contributed by atoms with van der Waals surface area (Å²) in [6, 6.07) is 7.36. The van der Waals surface area contributed by atoms with Crippen molar-refractivity contribution in [2.24, 2.45) is 0 Å². The third-order valence-corrected chi connectivity index (χ3v) is 5.12. The van der Waals surface area contributed by atoms with Crippen molar-refractivity contribution in [3.05, 3.63) is 46.1 Å². The van der Waals surface area contributed by atoms with Gasteiger partial charge in [-0.05, 0) is 43.9 Å². The molecule has 0 aliphatic heterocycles. The van der Waals surface area contributed by atoms with E-state index < -0.39 is 11.6 Å². The van der Waals surface area contributed by atoms with E-state index in [9.17, 15) is 9.59 Å². The molecule has 0 atom stereocenters. The van der Waals surface area contributed by atoms with Gasteiger partial charge in [-0.1, -0.05) is 0 Å². The normalized spacial score (nSPS) is 13.5. The minimum atomic E-state index is -0.807. The van der Waals surface area contributed by atoms with Gasteiger partial charge < -0.3 is 18.8 Å². The second-order valence-corrected chi connectivity index (χ2v) is 7.18. The Morgan fingerprint density at radius 1 is 1.21 bits per heavy atom. The molecule has 7 heteroatoms. The van der Waals surface area contributed by atoms with Gasteiger partial charge in [0.05, 0.1) is 5.69 Å². The standard InChI is InChI=1S/C21H22N2O5/c1-23(10-4-7-19(24)25)14-9-8-13-11-15(21(26)28-18(13)12-14)20-22-16-5-2-3-6-17(16)27-20/h8-9,11-12H,2-7,10H2,1H3,(H,24,25). The molecule has 0 spiro atoms. The molecule has 1 N–H and O–H groups in total. The number of rotatable bonds is 6. The Morgan fingerprint density at radius 2 is 2.04 bits per heavy atom. The highest BCUT2D eigenvalue weighted by Gasteiger charge is 2.20. The molecule has 0 saturated carbocycles. The predicted octanol–water partition coefficient (Wildman–Crippen LogP) is 3.63. The summed E-state index contributed by atoms with van der Waals surface area (Å²) in [5, 5.41) is 9.55. The van der Waals surface area contributed by atoms with E-state index >= 15 is 0 Å². The van der Waals surface area contributed by atoms with E-state index in [0.717, 1.165) is 48.2 Å². The number of anilines is 1. The monoisotopic (exact) mass is 382 g/mol. The average Bonchev–Trinajstić information content (AvgIpc) is 3.10. The van der Waals surface area contributed by atoms with Crippen LogP contribution in [-0.4, -0.2) is 29.7 Å². The number of aryl methyl sites for hydroxylation is 2. The molecule has 0 unspecified atom stereocenters. The maximum atomic E-state index is 12.5. The van der Waals surface area contributed by atoms with Gasteiger partial charge in [0.1, 0.15) is 16.9 Å². The molecule has 0 fully saturated rings. The van der Waals surface area contributed by atoms with E-state index in [1.165, 1.54) is 0 Å². The van der Waals surface area contributed by atoms with Gasteiger partial charge >= 0.3 is 11.6 Å². The summed E-state index contributed by atoms with van der Waals surface area (Å²) in [5.41, 5.74) is 2.15. The van der Waals surface area contributed by atoms with Crippen LogP contribution in [0.25, 0.3) is 22.4 Å². The first-order valence-electron chi connectivity index (χ1n) is 9.51. The molecule has 0 saturated heterocycles. The number of benzene rings is 1. The van der Waals surface area contributed by atoms with Crippen LogP contribution in [-0.2, 0) is 17.6 Å². The first-order valence-corrected chi connectivity index (χ1v) is 9.51. The van der Waals surface area contributed by atoms with Gasteiger partial charge in [-0.25, -0.2) is 9.78 Å². The highest BCUT2D eigenvalue weighted by Crippen LogP contribution is 2.28. The van der Waals surface area contributed by atoms with Crippen molar-refractivity contribution >= 4 is 22.6 Å². The first kappa shape index (κ1) is 18.3.